The fourth-order valence-electron chi connectivity index (χ4n) is 2.98. The zero-order valence-electron chi connectivity index (χ0n) is 13.9. The Hall–Kier alpha value is -1.46. The second kappa shape index (κ2) is 7.41. The molecule has 4 nitrogen and oxygen atoms in total. The van der Waals surface area contributed by atoms with Crippen molar-refractivity contribution >= 4 is 27.5 Å². The van der Waals surface area contributed by atoms with Gasteiger partial charge in [-0.25, -0.2) is 4.98 Å². The number of amides is 1. The van der Waals surface area contributed by atoms with Gasteiger partial charge in [0.15, 0.2) is 0 Å². The van der Waals surface area contributed by atoms with Crippen molar-refractivity contribution in [3.05, 3.63) is 29.3 Å². The average Bonchev–Trinajstić information content (AvgIpc) is 2.97. The molecule has 23 heavy (non-hydrogen) atoms. The number of carbonyl (C=O) groups excluding carboxylic acids is 1. The molecule has 1 saturated heterocycles. The summed E-state index contributed by atoms with van der Waals surface area (Å²) >= 11 is 1.82. The van der Waals surface area contributed by atoms with Crippen LogP contribution in [0.25, 0.3) is 10.2 Å². The summed E-state index contributed by atoms with van der Waals surface area (Å²) in [5.41, 5.74) is 1.11. The van der Waals surface area contributed by atoms with Crippen molar-refractivity contribution in [2.24, 2.45) is 5.92 Å². The summed E-state index contributed by atoms with van der Waals surface area (Å²) < 4.78 is 1.28. The molecule has 0 aliphatic carbocycles. The van der Waals surface area contributed by atoms with Crippen LogP contribution in [0.3, 0.4) is 0 Å². The van der Waals surface area contributed by atoms with E-state index < -0.39 is 0 Å². The molecular formula is C18H25N3OS. The number of rotatable bonds is 5. The largest absolute Gasteiger partial charge is 0.355 e. The van der Waals surface area contributed by atoms with E-state index in [-0.39, 0.29) is 5.91 Å². The van der Waals surface area contributed by atoms with Crippen LogP contribution in [-0.2, 0) is 4.79 Å². The van der Waals surface area contributed by atoms with Crippen LogP contribution in [0.2, 0.25) is 0 Å². The van der Waals surface area contributed by atoms with Crippen LogP contribution < -0.4 is 5.32 Å². The first-order valence-electron chi connectivity index (χ1n) is 8.46. The SMILES string of the molecule is CC(C)CNC(=O)CN1CCC(c2nc3ccccc3s2)CC1. The highest BCUT2D eigenvalue weighted by Crippen LogP contribution is 2.33. The number of thiazole rings is 1. The molecule has 0 unspecified atom stereocenters. The molecule has 2 aromatic rings. The topological polar surface area (TPSA) is 45.2 Å². The summed E-state index contributed by atoms with van der Waals surface area (Å²) in [7, 11) is 0. The number of hydrogen-bond acceptors (Lipinski definition) is 4. The van der Waals surface area contributed by atoms with Crippen LogP contribution in [0, 0.1) is 5.92 Å². The van der Waals surface area contributed by atoms with Gasteiger partial charge in [0.25, 0.3) is 0 Å². The molecular weight excluding hydrogens is 306 g/mol. The summed E-state index contributed by atoms with van der Waals surface area (Å²) in [6, 6.07) is 8.35. The maximum absolute atomic E-state index is 11.9. The minimum absolute atomic E-state index is 0.150. The average molecular weight is 331 g/mol. The second-order valence-corrected chi connectivity index (χ2v) is 7.83. The van der Waals surface area contributed by atoms with Crippen LogP contribution in [0.15, 0.2) is 24.3 Å². The van der Waals surface area contributed by atoms with Crippen molar-refractivity contribution in [2.45, 2.75) is 32.6 Å². The number of para-hydroxylation sites is 1. The Kier molecular flexibility index (Phi) is 5.28. The van der Waals surface area contributed by atoms with E-state index in [1.165, 1.54) is 9.71 Å². The van der Waals surface area contributed by atoms with E-state index in [2.05, 4.69) is 42.3 Å². The summed E-state index contributed by atoms with van der Waals surface area (Å²) in [6.45, 7) is 7.49. The number of hydrogen-bond donors (Lipinski definition) is 1. The summed E-state index contributed by atoms with van der Waals surface area (Å²) in [4.78, 5) is 19.0. The van der Waals surface area contributed by atoms with Crippen LogP contribution in [0.1, 0.15) is 37.6 Å². The van der Waals surface area contributed by atoms with Gasteiger partial charge in [0.2, 0.25) is 5.91 Å². The molecule has 1 aromatic heterocycles. The lowest BCUT2D eigenvalue weighted by Gasteiger charge is -2.30. The number of fused-ring (bicyclic) bond motifs is 1. The third-order valence-electron chi connectivity index (χ3n) is 4.32. The first-order chi connectivity index (χ1) is 11.1. The number of aromatic nitrogens is 1. The zero-order valence-corrected chi connectivity index (χ0v) is 14.7. The molecule has 1 aliphatic heterocycles. The first-order valence-corrected chi connectivity index (χ1v) is 9.28. The number of nitrogens with zero attached hydrogens (tertiary/aromatic N) is 2. The number of benzene rings is 1. The smallest absolute Gasteiger partial charge is 0.234 e. The van der Waals surface area contributed by atoms with Crippen LogP contribution >= 0.6 is 11.3 Å². The monoisotopic (exact) mass is 331 g/mol. The van der Waals surface area contributed by atoms with E-state index in [4.69, 9.17) is 4.98 Å². The minimum atomic E-state index is 0.150. The van der Waals surface area contributed by atoms with Crippen molar-refractivity contribution in [1.82, 2.24) is 15.2 Å². The third kappa shape index (κ3) is 4.30. The standard InChI is InChI=1S/C18H25N3OS/c1-13(2)11-19-17(22)12-21-9-7-14(8-10-21)18-20-15-5-3-4-6-16(15)23-18/h3-6,13-14H,7-12H2,1-2H3,(H,19,22). The van der Waals surface area contributed by atoms with Crippen molar-refractivity contribution in [1.29, 1.82) is 0 Å². The molecule has 0 atom stereocenters. The molecule has 1 aliphatic rings. The maximum atomic E-state index is 11.9. The summed E-state index contributed by atoms with van der Waals surface area (Å²) in [6.07, 6.45) is 2.19. The lowest BCUT2D eigenvalue weighted by atomic mass is 9.97. The Labute approximate surface area is 141 Å². The third-order valence-corrected chi connectivity index (χ3v) is 5.52. The fourth-order valence-corrected chi connectivity index (χ4v) is 4.12. The second-order valence-electron chi connectivity index (χ2n) is 6.77. The lowest BCUT2D eigenvalue weighted by Crippen LogP contribution is -2.42. The predicted octanol–water partition coefficient (Wildman–Crippen LogP) is 3.25. The highest BCUT2D eigenvalue weighted by molar-refractivity contribution is 7.18. The molecule has 1 aromatic carbocycles. The molecule has 0 bridgehead atoms. The zero-order chi connectivity index (χ0) is 16.2. The molecule has 1 amide bonds. The number of carbonyl (C=O) groups is 1. The molecule has 0 radical (unpaired) electrons. The van der Waals surface area contributed by atoms with Gasteiger partial charge in [0.1, 0.15) is 0 Å². The van der Waals surface area contributed by atoms with Gasteiger partial charge in [-0.1, -0.05) is 26.0 Å². The number of nitrogens with one attached hydrogen (secondary N) is 1. The molecule has 1 fully saturated rings. The Morgan fingerprint density at radius 3 is 2.78 bits per heavy atom. The van der Waals surface area contributed by atoms with Crippen molar-refractivity contribution < 1.29 is 4.79 Å². The van der Waals surface area contributed by atoms with Gasteiger partial charge in [-0.2, -0.15) is 0 Å². The van der Waals surface area contributed by atoms with Crippen LogP contribution in [0.4, 0.5) is 0 Å². The van der Waals surface area contributed by atoms with E-state index in [0.29, 0.717) is 18.4 Å². The highest BCUT2D eigenvalue weighted by Gasteiger charge is 2.24. The van der Waals surface area contributed by atoms with Crippen LogP contribution in [-0.4, -0.2) is 42.0 Å². The van der Waals surface area contributed by atoms with Crippen LogP contribution in [0.5, 0.6) is 0 Å². The van der Waals surface area contributed by atoms with Crippen molar-refractivity contribution in [2.75, 3.05) is 26.2 Å². The molecule has 3 rings (SSSR count). The molecule has 1 N–H and O–H groups in total. The first kappa shape index (κ1) is 16.4. The van der Waals surface area contributed by atoms with Gasteiger partial charge in [0.05, 0.1) is 21.8 Å². The van der Waals surface area contributed by atoms with E-state index in [1.54, 1.807) is 0 Å². The highest BCUT2D eigenvalue weighted by atomic mass is 32.1. The van der Waals surface area contributed by atoms with Gasteiger partial charge >= 0.3 is 0 Å². The van der Waals surface area contributed by atoms with Gasteiger partial charge < -0.3 is 5.32 Å². The Bertz CT molecular complexity index is 626. The van der Waals surface area contributed by atoms with Crippen molar-refractivity contribution in [3.8, 4) is 0 Å². The van der Waals surface area contributed by atoms with Gasteiger partial charge in [0, 0.05) is 12.5 Å². The van der Waals surface area contributed by atoms with Gasteiger partial charge in [-0.15, -0.1) is 11.3 Å². The maximum Gasteiger partial charge on any atom is 0.234 e. The quantitative estimate of drug-likeness (QED) is 0.915. The van der Waals surface area contributed by atoms with E-state index >= 15 is 0 Å². The molecule has 0 saturated carbocycles. The summed E-state index contributed by atoms with van der Waals surface area (Å²) in [5, 5.41) is 4.26. The normalized spacial score (nSPS) is 17.0. The minimum Gasteiger partial charge on any atom is -0.355 e. The number of likely N-dealkylation sites (tertiary alicyclic amines) is 1. The summed E-state index contributed by atoms with van der Waals surface area (Å²) in [5.74, 6) is 1.20. The Balaban J connectivity index is 1.51. The fraction of sp³-hybridized carbons (Fsp3) is 0.556. The van der Waals surface area contributed by atoms with E-state index in [1.807, 2.05) is 17.4 Å². The molecule has 2 heterocycles. The Morgan fingerprint density at radius 1 is 1.35 bits per heavy atom. The Morgan fingerprint density at radius 2 is 2.09 bits per heavy atom. The molecule has 124 valence electrons. The van der Waals surface area contributed by atoms with E-state index in [0.717, 1.165) is 38.0 Å². The van der Waals surface area contributed by atoms with Gasteiger partial charge in [-0.05, 0) is 44.0 Å². The van der Waals surface area contributed by atoms with E-state index in [9.17, 15) is 4.79 Å². The molecule has 0 spiro atoms. The van der Waals surface area contributed by atoms with Crippen molar-refractivity contribution in [3.63, 3.8) is 0 Å². The number of piperidine rings is 1. The predicted molar refractivity (Wildman–Crippen MR) is 95.9 cm³/mol. The lowest BCUT2D eigenvalue weighted by molar-refractivity contribution is -0.122. The van der Waals surface area contributed by atoms with Gasteiger partial charge in [-0.3, -0.25) is 9.69 Å². The molecule has 5 heteroatoms.